The predicted octanol–water partition coefficient (Wildman–Crippen LogP) is 5.31. The monoisotopic (exact) mass is 388 g/mol. The molecule has 3 aromatic rings. The highest BCUT2D eigenvalue weighted by atomic mass is 19.1. The smallest absolute Gasteiger partial charge is 0.155 e. The molecule has 0 N–H and O–H groups in total. The highest BCUT2D eigenvalue weighted by Gasteiger charge is 2.46. The van der Waals surface area contributed by atoms with Gasteiger partial charge in [-0.2, -0.15) is 0 Å². The van der Waals surface area contributed by atoms with Crippen LogP contribution in [-0.2, 0) is 4.84 Å². The van der Waals surface area contributed by atoms with Crippen LogP contribution in [0, 0.1) is 11.7 Å². The molecule has 2 atom stereocenters. The van der Waals surface area contributed by atoms with E-state index in [1.165, 1.54) is 12.1 Å². The summed E-state index contributed by atoms with van der Waals surface area (Å²) in [5.41, 5.74) is 3.09. The van der Waals surface area contributed by atoms with Gasteiger partial charge in [0.25, 0.3) is 0 Å². The van der Waals surface area contributed by atoms with Crippen molar-refractivity contribution in [3.05, 3.63) is 102 Å². The Morgan fingerprint density at radius 3 is 2.31 bits per heavy atom. The van der Waals surface area contributed by atoms with Crippen LogP contribution in [0.2, 0.25) is 0 Å². The first-order valence-electron chi connectivity index (χ1n) is 9.63. The summed E-state index contributed by atoms with van der Waals surface area (Å²) in [5.74, 6) is 1.65. The van der Waals surface area contributed by atoms with Crippen LogP contribution in [0.15, 0.2) is 90.8 Å². The molecule has 5 heteroatoms. The second kappa shape index (κ2) is 7.17. The molecular weight excluding hydrogens is 367 g/mol. The third-order valence-electron chi connectivity index (χ3n) is 5.51. The van der Waals surface area contributed by atoms with E-state index in [1.807, 2.05) is 71.8 Å². The van der Waals surface area contributed by atoms with E-state index in [-0.39, 0.29) is 17.8 Å². The van der Waals surface area contributed by atoms with Crippen LogP contribution in [0.3, 0.4) is 0 Å². The number of fused-ring (bicyclic) bond motifs is 1. The van der Waals surface area contributed by atoms with Gasteiger partial charge in [0.2, 0.25) is 0 Å². The highest BCUT2D eigenvalue weighted by Crippen LogP contribution is 2.47. The van der Waals surface area contributed by atoms with Gasteiger partial charge in [-0.25, -0.2) is 9.45 Å². The van der Waals surface area contributed by atoms with Crippen LogP contribution >= 0.6 is 0 Å². The van der Waals surface area contributed by atoms with E-state index >= 15 is 0 Å². The molecule has 2 aliphatic heterocycles. The molecule has 29 heavy (non-hydrogen) atoms. The molecule has 0 spiro atoms. The van der Waals surface area contributed by atoms with Crippen molar-refractivity contribution in [2.24, 2.45) is 5.92 Å². The number of benzene rings is 3. The molecule has 0 saturated carbocycles. The Labute approximate surface area is 169 Å². The summed E-state index contributed by atoms with van der Waals surface area (Å²) < 4.78 is 18.8. The lowest BCUT2D eigenvalue weighted by Gasteiger charge is -2.28. The van der Waals surface area contributed by atoms with E-state index in [0.717, 1.165) is 35.0 Å². The van der Waals surface area contributed by atoms with Gasteiger partial charge in [-0.15, -0.1) is 0 Å². The number of anilines is 2. The minimum atomic E-state index is -0.235. The Morgan fingerprint density at radius 2 is 1.62 bits per heavy atom. The zero-order valence-electron chi connectivity index (χ0n) is 16.0. The van der Waals surface area contributed by atoms with Crippen molar-refractivity contribution in [3.63, 3.8) is 0 Å². The Hall–Kier alpha value is -3.47. The average molecular weight is 388 g/mol. The number of ether oxygens (including phenoxy) is 1. The maximum absolute atomic E-state index is 13.5. The molecule has 0 aromatic heterocycles. The molecule has 2 heterocycles. The number of methoxy groups -OCH3 is 1. The molecule has 5 rings (SSSR count). The summed E-state index contributed by atoms with van der Waals surface area (Å²) in [7, 11) is 1.66. The Bertz CT molecular complexity index is 1020. The number of para-hydroxylation sites is 1. The number of hydrogen-bond acceptors (Lipinski definition) is 4. The Kier molecular flexibility index (Phi) is 4.35. The fourth-order valence-corrected chi connectivity index (χ4v) is 4.05. The van der Waals surface area contributed by atoms with Crippen molar-refractivity contribution in [2.45, 2.75) is 6.04 Å². The van der Waals surface area contributed by atoms with Gasteiger partial charge in [0.15, 0.2) is 5.76 Å². The molecule has 0 bridgehead atoms. The molecular formula is C24H21FN2O2. The molecule has 2 unspecified atom stereocenters. The Balaban J connectivity index is 1.49. The van der Waals surface area contributed by atoms with Crippen LogP contribution in [0.5, 0.6) is 5.75 Å². The van der Waals surface area contributed by atoms with Crippen molar-refractivity contribution in [1.29, 1.82) is 0 Å². The lowest BCUT2D eigenvalue weighted by Crippen LogP contribution is -2.29. The minimum absolute atomic E-state index is 0.0347. The van der Waals surface area contributed by atoms with Crippen molar-refractivity contribution in [1.82, 2.24) is 0 Å². The lowest BCUT2D eigenvalue weighted by atomic mass is 9.93. The van der Waals surface area contributed by atoms with Gasteiger partial charge < -0.3 is 14.5 Å². The zero-order chi connectivity index (χ0) is 19.8. The molecule has 3 aromatic carbocycles. The van der Waals surface area contributed by atoms with Crippen LogP contribution < -0.4 is 14.7 Å². The van der Waals surface area contributed by atoms with E-state index in [4.69, 9.17) is 9.57 Å². The van der Waals surface area contributed by atoms with Crippen LogP contribution in [0.25, 0.3) is 0 Å². The number of nitrogens with zero attached hydrogens (tertiary/aromatic N) is 2. The first-order chi connectivity index (χ1) is 14.2. The fraction of sp³-hybridized carbons (Fsp3) is 0.167. The standard InChI is InChI=1S/C24H21FN2O2/c1-28-21-13-11-19(12-14-21)26-15-22-23(16-26)29-27(20-5-3-2-4-6-20)24(22)17-7-9-18(25)10-8-17/h2-14,16,22,24H,15H2,1H3. The molecule has 2 aliphatic rings. The fourth-order valence-electron chi connectivity index (χ4n) is 4.05. The third-order valence-corrected chi connectivity index (χ3v) is 5.51. The van der Waals surface area contributed by atoms with Gasteiger partial charge in [0.05, 0.1) is 18.7 Å². The molecule has 146 valence electrons. The summed E-state index contributed by atoms with van der Waals surface area (Å²) >= 11 is 0. The number of hydrogen-bond donors (Lipinski definition) is 0. The largest absolute Gasteiger partial charge is 0.497 e. The van der Waals surface area contributed by atoms with Crippen LogP contribution in [0.4, 0.5) is 15.8 Å². The van der Waals surface area contributed by atoms with E-state index in [1.54, 1.807) is 7.11 Å². The van der Waals surface area contributed by atoms with Gasteiger partial charge in [-0.1, -0.05) is 30.3 Å². The molecule has 1 fully saturated rings. The number of rotatable bonds is 4. The summed E-state index contributed by atoms with van der Waals surface area (Å²) in [6.45, 7) is 0.785. The first kappa shape index (κ1) is 17.6. The zero-order valence-corrected chi connectivity index (χ0v) is 16.0. The van der Waals surface area contributed by atoms with Crippen LogP contribution in [-0.4, -0.2) is 13.7 Å². The van der Waals surface area contributed by atoms with Crippen molar-refractivity contribution in [2.75, 3.05) is 23.6 Å². The van der Waals surface area contributed by atoms with Crippen molar-refractivity contribution in [3.8, 4) is 5.75 Å². The van der Waals surface area contributed by atoms with Crippen LogP contribution in [0.1, 0.15) is 11.6 Å². The summed E-state index contributed by atoms with van der Waals surface area (Å²) in [4.78, 5) is 8.49. The molecule has 1 saturated heterocycles. The SMILES string of the molecule is COc1ccc(N2C=C3ON(c4ccccc4)C(c4ccc(F)cc4)C3C2)cc1. The van der Waals surface area contributed by atoms with E-state index in [0.29, 0.717) is 0 Å². The number of halogens is 1. The van der Waals surface area contributed by atoms with Gasteiger partial charge in [-0.05, 0) is 54.1 Å². The highest BCUT2D eigenvalue weighted by molar-refractivity contribution is 5.57. The quantitative estimate of drug-likeness (QED) is 0.605. The van der Waals surface area contributed by atoms with Crippen molar-refractivity contribution < 1.29 is 14.0 Å². The topological polar surface area (TPSA) is 24.9 Å². The summed E-state index contributed by atoms with van der Waals surface area (Å²) in [6.07, 6.45) is 2.06. The van der Waals surface area contributed by atoms with Gasteiger partial charge in [-0.3, -0.25) is 0 Å². The third kappa shape index (κ3) is 3.18. The average Bonchev–Trinajstić information content (AvgIpc) is 3.33. The maximum Gasteiger partial charge on any atom is 0.155 e. The first-order valence-corrected chi connectivity index (χ1v) is 9.63. The summed E-state index contributed by atoms with van der Waals surface area (Å²) in [6, 6.07) is 24.7. The molecule has 0 radical (unpaired) electrons. The van der Waals surface area contributed by atoms with Gasteiger partial charge in [0.1, 0.15) is 17.6 Å². The second-order valence-electron chi connectivity index (χ2n) is 7.24. The lowest BCUT2D eigenvalue weighted by molar-refractivity contribution is 0.213. The van der Waals surface area contributed by atoms with E-state index in [9.17, 15) is 4.39 Å². The van der Waals surface area contributed by atoms with Gasteiger partial charge >= 0.3 is 0 Å². The minimum Gasteiger partial charge on any atom is -0.497 e. The number of hydroxylamine groups is 1. The van der Waals surface area contributed by atoms with Gasteiger partial charge in [0, 0.05) is 18.4 Å². The van der Waals surface area contributed by atoms with E-state index in [2.05, 4.69) is 11.1 Å². The summed E-state index contributed by atoms with van der Waals surface area (Å²) in [5, 5.41) is 1.94. The molecule has 4 nitrogen and oxygen atoms in total. The predicted molar refractivity (Wildman–Crippen MR) is 111 cm³/mol. The molecule has 0 amide bonds. The normalized spacial score (nSPS) is 20.3. The molecule has 0 aliphatic carbocycles. The van der Waals surface area contributed by atoms with E-state index < -0.39 is 0 Å². The Morgan fingerprint density at radius 1 is 0.897 bits per heavy atom. The maximum atomic E-state index is 13.5. The van der Waals surface area contributed by atoms with Crippen molar-refractivity contribution >= 4 is 11.4 Å². The second-order valence-corrected chi connectivity index (χ2v) is 7.24.